The summed E-state index contributed by atoms with van der Waals surface area (Å²) in [7, 11) is 0. The van der Waals surface area contributed by atoms with E-state index in [1.165, 1.54) is 6.07 Å². The number of aliphatic hydroxyl groups excluding tert-OH is 2. The van der Waals surface area contributed by atoms with Gasteiger partial charge in [0.2, 0.25) is 5.91 Å². The average molecular weight is 600 g/mol. The fraction of sp³-hybridized carbons (Fsp3) is 0.545. The molecule has 8 atom stereocenters. The molecule has 5 rings (SSSR count). The number of carbonyl (C=O) groups excluding carboxylic acids is 3. The fourth-order valence-electron chi connectivity index (χ4n) is 9.03. The number of hydrogen-bond acceptors (Lipinski definition) is 7. The van der Waals surface area contributed by atoms with Crippen LogP contribution in [0.25, 0.3) is 11.1 Å². The topological polar surface area (TPSA) is 158 Å². The number of aromatic hydroxyl groups is 1. The van der Waals surface area contributed by atoms with E-state index in [9.17, 15) is 43.6 Å². The van der Waals surface area contributed by atoms with Crippen LogP contribution in [0.5, 0.6) is 5.75 Å². The van der Waals surface area contributed by atoms with Gasteiger partial charge in [-0.2, -0.15) is 0 Å². The number of primary amides is 1. The second kappa shape index (κ2) is 9.90. The third-order valence-corrected chi connectivity index (χ3v) is 10.7. The minimum atomic E-state index is -2.62. The Balaban J connectivity index is 1.76. The van der Waals surface area contributed by atoms with Crippen molar-refractivity contribution in [1.29, 1.82) is 0 Å². The minimum Gasteiger partial charge on any atom is -0.507 e. The minimum absolute atomic E-state index is 0.0315. The van der Waals surface area contributed by atoms with Gasteiger partial charge in [0, 0.05) is 11.0 Å². The highest BCUT2D eigenvalue weighted by molar-refractivity contribution is 6.10. The molecule has 2 saturated carbocycles. The lowest BCUT2D eigenvalue weighted by molar-refractivity contribution is -0.265. The number of nitrogens with two attached hydrogens (primary N) is 1. The van der Waals surface area contributed by atoms with Crippen molar-refractivity contribution in [3.05, 3.63) is 52.6 Å². The maximum Gasteiger partial charge on any atom is 0.230 e. The Morgan fingerprint density at radius 2 is 1.67 bits per heavy atom. The molecule has 0 aromatic heterocycles. The third kappa shape index (κ3) is 4.05. The van der Waals surface area contributed by atoms with Crippen molar-refractivity contribution in [3.63, 3.8) is 0 Å². The zero-order valence-electron chi connectivity index (χ0n) is 25.1. The molecule has 0 radical (unpaired) electrons. The molecular weight excluding hydrogens is 560 g/mol. The first-order valence-electron chi connectivity index (χ1n) is 14.6. The smallest absolute Gasteiger partial charge is 0.230 e. The molecule has 43 heavy (non-hydrogen) atoms. The molecule has 10 heteroatoms. The van der Waals surface area contributed by atoms with Gasteiger partial charge in [0.05, 0.1) is 17.6 Å². The highest BCUT2D eigenvalue weighted by Gasteiger charge is 2.76. The number of benzene rings is 2. The zero-order valence-corrected chi connectivity index (χ0v) is 25.1. The Bertz CT molecular complexity index is 1560. The Morgan fingerprint density at radius 1 is 1.05 bits per heavy atom. The van der Waals surface area contributed by atoms with Gasteiger partial charge in [-0.3, -0.25) is 14.4 Å². The molecule has 2 aromatic rings. The maximum atomic E-state index is 14.5. The SMILES string of the molecule is CC(C)c1cc(-c2ccc(F)c(F)c2)c(O)c2c1C[C@]1(C)C[C@]3(C)[C@@H](C(C)C)C(O)[C@@H](C(N)=O)C(=O)[C@]3(O)C(O)[C@H]1C2=O. The number of fused-ring (bicyclic) bond motifs is 3. The van der Waals surface area contributed by atoms with Crippen molar-refractivity contribution in [1.82, 2.24) is 0 Å². The quantitative estimate of drug-likeness (QED) is 0.336. The fourth-order valence-corrected chi connectivity index (χ4v) is 9.03. The summed E-state index contributed by atoms with van der Waals surface area (Å²) >= 11 is 0. The monoisotopic (exact) mass is 599 g/mol. The van der Waals surface area contributed by atoms with E-state index in [1.54, 1.807) is 33.8 Å². The standard InChI is InChI=1S/C33H39F2NO7/c1-13(2)16-10-17(15-7-8-19(34)20(35)9-15)25(37)21-18(16)11-31(5)12-32(6)23(14(3)4)27(39)22(30(36)42)28(40)33(32,43)29(41)24(31)26(21)38/h7-10,13-14,22-24,27,29,37,39,41,43H,11-12H2,1-6H3,(H2,36,42)/t22-,23+,24-,27?,29?,31-,32-,33+/m1/s1. The number of phenols is 1. The number of rotatable bonds is 4. The molecule has 6 N–H and O–H groups in total. The molecular formula is C33H39F2NO7. The second-order valence-corrected chi connectivity index (χ2v) is 14.0. The first-order valence-corrected chi connectivity index (χ1v) is 14.6. The molecule has 3 aliphatic rings. The second-order valence-electron chi connectivity index (χ2n) is 14.0. The molecule has 2 aromatic carbocycles. The van der Waals surface area contributed by atoms with Gasteiger partial charge in [-0.25, -0.2) is 8.78 Å². The van der Waals surface area contributed by atoms with Crippen LogP contribution in [0.2, 0.25) is 0 Å². The normalized spacial score (nSPS) is 35.5. The average Bonchev–Trinajstić information content (AvgIpc) is 2.87. The molecule has 2 fully saturated rings. The molecule has 0 heterocycles. The van der Waals surface area contributed by atoms with E-state index in [1.807, 2.05) is 13.8 Å². The van der Waals surface area contributed by atoms with Crippen LogP contribution in [0.1, 0.15) is 75.4 Å². The number of halogens is 2. The number of carbonyl (C=O) groups is 3. The molecule has 0 bridgehead atoms. The number of aliphatic hydroxyl groups is 3. The summed E-state index contributed by atoms with van der Waals surface area (Å²) in [6.45, 7) is 10.7. The summed E-state index contributed by atoms with van der Waals surface area (Å²) in [5.74, 6) is -10.2. The van der Waals surface area contributed by atoms with Gasteiger partial charge >= 0.3 is 0 Å². The molecule has 232 valence electrons. The third-order valence-electron chi connectivity index (χ3n) is 10.7. The summed E-state index contributed by atoms with van der Waals surface area (Å²) in [4.78, 5) is 40.7. The molecule has 1 amide bonds. The predicted octanol–water partition coefficient (Wildman–Crippen LogP) is 3.64. The van der Waals surface area contributed by atoms with E-state index in [-0.39, 0.29) is 41.4 Å². The number of amides is 1. The van der Waals surface area contributed by atoms with E-state index in [4.69, 9.17) is 5.73 Å². The van der Waals surface area contributed by atoms with Crippen molar-refractivity contribution in [3.8, 4) is 16.9 Å². The van der Waals surface area contributed by atoms with Crippen LogP contribution >= 0.6 is 0 Å². The highest BCUT2D eigenvalue weighted by atomic mass is 19.2. The highest BCUT2D eigenvalue weighted by Crippen LogP contribution is 2.66. The van der Waals surface area contributed by atoms with Crippen LogP contribution in [0.3, 0.4) is 0 Å². The van der Waals surface area contributed by atoms with E-state index >= 15 is 0 Å². The lowest BCUT2D eigenvalue weighted by Gasteiger charge is -2.66. The van der Waals surface area contributed by atoms with Gasteiger partial charge in [-0.05, 0) is 70.9 Å². The largest absolute Gasteiger partial charge is 0.507 e. The first kappa shape index (κ1) is 31.2. The molecule has 8 nitrogen and oxygen atoms in total. The summed E-state index contributed by atoms with van der Waals surface area (Å²) in [6, 6.07) is 4.78. The van der Waals surface area contributed by atoms with E-state index in [0.717, 1.165) is 12.1 Å². The molecule has 2 unspecified atom stereocenters. The van der Waals surface area contributed by atoms with Crippen LogP contribution < -0.4 is 5.73 Å². The van der Waals surface area contributed by atoms with Crippen LogP contribution in [0.15, 0.2) is 24.3 Å². The Kier molecular flexibility index (Phi) is 7.19. The van der Waals surface area contributed by atoms with Gasteiger partial charge in [-0.1, -0.05) is 47.6 Å². The van der Waals surface area contributed by atoms with Gasteiger partial charge in [-0.15, -0.1) is 0 Å². The Hall–Kier alpha value is -3.21. The molecule has 0 aliphatic heterocycles. The van der Waals surface area contributed by atoms with Crippen LogP contribution in [0, 0.1) is 46.1 Å². The van der Waals surface area contributed by atoms with Gasteiger partial charge in [0.25, 0.3) is 0 Å². The lowest BCUT2D eigenvalue weighted by Crippen LogP contribution is -2.79. The van der Waals surface area contributed by atoms with Crippen LogP contribution in [-0.2, 0) is 16.0 Å². The number of hydrogen-bond donors (Lipinski definition) is 5. The Labute approximate surface area is 248 Å². The van der Waals surface area contributed by atoms with Gasteiger partial charge in [0.1, 0.15) is 17.8 Å². The van der Waals surface area contributed by atoms with Crippen molar-refractivity contribution < 1.29 is 43.6 Å². The van der Waals surface area contributed by atoms with Crippen LogP contribution in [-0.4, -0.2) is 55.7 Å². The molecule has 3 aliphatic carbocycles. The predicted molar refractivity (Wildman–Crippen MR) is 153 cm³/mol. The molecule has 0 spiro atoms. The van der Waals surface area contributed by atoms with Crippen LogP contribution in [0.4, 0.5) is 8.78 Å². The summed E-state index contributed by atoms with van der Waals surface area (Å²) < 4.78 is 27.9. The van der Waals surface area contributed by atoms with Gasteiger partial charge in [0.15, 0.2) is 28.8 Å². The van der Waals surface area contributed by atoms with Gasteiger partial charge < -0.3 is 26.2 Å². The van der Waals surface area contributed by atoms with Crippen molar-refractivity contribution >= 4 is 17.5 Å². The summed E-state index contributed by atoms with van der Waals surface area (Å²) in [5, 5.41) is 47.0. The summed E-state index contributed by atoms with van der Waals surface area (Å²) in [6.07, 6.45) is -3.31. The van der Waals surface area contributed by atoms with Crippen molar-refractivity contribution in [2.75, 3.05) is 0 Å². The van der Waals surface area contributed by atoms with E-state index in [0.29, 0.717) is 11.1 Å². The van der Waals surface area contributed by atoms with E-state index < -0.39 is 81.3 Å². The first-order chi connectivity index (χ1) is 19.8. The zero-order chi connectivity index (χ0) is 32.1. The lowest BCUT2D eigenvalue weighted by atomic mass is 9.39. The van der Waals surface area contributed by atoms with E-state index in [2.05, 4.69) is 0 Å². The number of ketones is 2. The Morgan fingerprint density at radius 3 is 2.21 bits per heavy atom. The van der Waals surface area contributed by atoms with Crippen molar-refractivity contribution in [2.24, 2.45) is 40.2 Å². The number of phenolic OH excluding ortho intramolecular Hbond substituents is 1. The maximum absolute atomic E-state index is 14.5. The summed E-state index contributed by atoms with van der Waals surface area (Å²) in [5.41, 5.74) is 1.73. The molecule has 0 saturated heterocycles. The number of Topliss-reactive ketones (excluding diaryl/α,β-unsaturated/α-hetero) is 2. The van der Waals surface area contributed by atoms with Crippen molar-refractivity contribution in [2.45, 2.75) is 78.1 Å².